The Morgan fingerprint density at radius 2 is 1.79 bits per heavy atom. The normalized spacial score (nSPS) is 25.9. The van der Waals surface area contributed by atoms with Crippen LogP contribution < -0.4 is 4.74 Å². The molecule has 1 aromatic rings. The molecule has 1 heterocycles. The van der Waals surface area contributed by atoms with Gasteiger partial charge in [-0.2, -0.15) is 0 Å². The lowest BCUT2D eigenvalue weighted by molar-refractivity contribution is -0.274. The number of ether oxygens (including phenoxy) is 1. The van der Waals surface area contributed by atoms with E-state index in [4.69, 9.17) is 0 Å². The third kappa shape index (κ3) is 6.33. The number of benzene rings is 1. The first-order valence-corrected chi connectivity index (χ1v) is 10.7. The van der Waals surface area contributed by atoms with Crippen molar-refractivity contribution in [1.29, 1.82) is 0 Å². The van der Waals surface area contributed by atoms with E-state index < -0.39 is 12.5 Å². The second-order valence-electron chi connectivity index (χ2n) is 8.67. The highest BCUT2D eigenvalue weighted by atomic mass is 19.4. The molecule has 1 aromatic carbocycles. The van der Waals surface area contributed by atoms with Gasteiger partial charge in [0.15, 0.2) is 0 Å². The Kier molecular flexibility index (Phi) is 7.46. The van der Waals surface area contributed by atoms with Gasteiger partial charge in [0.05, 0.1) is 6.10 Å². The standard InChI is InChI=1S/C22H33F3N2O2/c1-16(2)27-12-10-26(11-13-27)15-20(19-8-3-4-9-21(19)28)17-6-5-7-18(14-17)29-22(23,24)25/h5-7,14,16,19-21,28H,3-4,8-13,15H2,1-2H3. The predicted octanol–water partition coefficient (Wildman–Crippen LogP) is 4.25. The Morgan fingerprint density at radius 3 is 2.41 bits per heavy atom. The molecule has 0 amide bonds. The molecular weight excluding hydrogens is 381 g/mol. The summed E-state index contributed by atoms with van der Waals surface area (Å²) in [5.74, 6) is -0.129. The minimum Gasteiger partial charge on any atom is -0.406 e. The van der Waals surface area contributed by atoms with Crippen LogP contribution in [0.2, 0.25) is 0 Å². The van der Waals surface area contributed by atoms with Gasteiger partial charge >= 0.3 is 6.36 Å². The number of halogens is 3. The summed E-state index contributed by atoms with van der Waals surface area (Å²) in [5, 5.41) is 10.7. The fourth-order valence-electron chi connectivity index (χ4n) is 4.78. The molecule has 1 saturated heterocycles. The molecule has 0 bridgehead atoms. The van der Waals surface area contributed by atoms with E-state index in [0.29, 0.717) is 6.04 Å². The number of hydrogen-bond donors (Lipinski definition) is 1. The van der Waals surface area contributed by atoms with Gasteiger partial charge in [-0.1, -0.05) is 25.0 Å². The Morgan fingerprint density at radius 1 is 1.10 bits per heavy atom. The maximum absolute atomic E-state index is 12.7. The molecule has 3 unspecified atom stereocenters. The molecule has 3 atom stereocenters. The summed E-state index contributed by atoms with van der Waals surface area (Å²) in [6.07, 6.45) is -1.38. The molecule has 1 N–H and O–H groups in total. The van der Waals surface area contributed by atoms with Crippen LogP contribution in [0.15, 0.2) is 24.3 Å². The van der Waals surface area contributed by atoms with Crippen LogP contribution in [-0.2, 0) is 0 Å². The zero-order valence-corrected chi connectivity index (χ0v) is 17.4. The van der Waals surface area contributed by atoms with Crippen LogP contribution in [0.25, 0.3) is 0 Å². The van der Waals surface area contributed by atoms with E-state index in [1.807, 2.05) is 6.07 Å². The lowest BCUT2D eigenvalue weighted by Gasteiger charge is -2.41. The largest absolute Gasteiger partial charge is 0.573 e. The van der Waals surface area contributed by atoms with Crippen molar-refractivity contribution in [2.45, 2.75) is 64.0 Å². The molecule has 29 heavy (non-hydrogen) atoms. The van der Waals surface area contributed by atoms with Crippen molar-refractivity contribution < 1.29 is 23.0 Å². The highest BCUT2D eigenvalue weighted by Crippen LogP contribution is 2.38. The molecule has 0 aromatic heterocycles. The van der Waals surface area contributed by atoms with Crippen LogP contribution >= 0.6 is 0 Å². The third-order valence-electron chi connectivity index (χ3n) is 6.41. The highest BCUT2D eigenvalue weighted by Gasteiger charge is 2.35. The Hall–Kier alpha value is -1.31. The summed E-state index contributed by atoms with van der Waals surface area (Å²) in [5.41, 5.74) is 0.823. The number of aliphatic hydroxyl groups excluding tert-OH is 1. The van der Waals surface area contributed by atoms with Crippen molar-refractivity contribution in [2.24, 2.45) is 5.92 Å². The van der Waals surface area contributed by atoms with Crippen LogP contribution in [0.4, 0.5) is 13.2 Å². The van der Waals surface area contributed by atoms with E-state index in [9.17, 15) is 18.3 Å². The number of piperazine rings is 1. The average Bonchev–Trinajstić information content (AvgIpc) is 2.66. The first-order chi connectivity index (χ1) is 13.7. The summed E-state index contributed by atoms with van der Waals surface area (Å²) in [6, 6.07) is 6.86. The molecule has 164 valence electrons. The summed E-state index contributed by atoms with van der Waals surface area (Å²) in [7, 11) is 0. The van der Waals surface area contributed by atoms with E-state index in [2.05, 4.69) is 28.4 Å². The number of nitrogens with zero attached hydrogens (tertiary/aromatic N) is 2. The minimum absolute atomic E-state index is 0.00677. The number of rotatable bonds is 6. The minimum atomic E-state index is -4.70. The van der Waals surface area contributed by atoms with Crippen molar-refractivity contribution in [3.8, 4) is 5.75 Å². The first-order valence-electron chi connectivity index (χ1n) is 10.7. The first kappa shape index (κ1) is 22.4. The molecule has 1 aliphatic carbocycles. The molecule has 0 spiro atoms. The highest BCUT2D eigenvalue weighted by molar-refractivity contribution is 5.32. The zero-order valence-electron chi connectivity index (χ0n) is 17.4. The van der Waals surface area contributed by atoms with Gasteiger partial charge in [-0.05, 0) is 50.3 Å². The van der Waals surface area contributed by atoms with E-state index in [-0.39, 0.29) is 17.6 Å². The molecule has 1 aliphatic heterocycles. The smallest absolute Gasteiger partial charge is 0.406 e. The Labute approximate surface area is 171 Å². The zero-order chi connectivity index (χ0) is 21.0. The third-order valence-corrected chi connectivity index (χ3v) is 6.41. The molecule has 1 saturated carbocycles. The van der Waals surface area contributed by atoms with Gasteiger partial charge in [0, 0.05) is 44.7 Å². The molecule has 0 radical (unpaired) electrons. The number of alkyl halides is 3. The fraction of sp³-hybridized carbons (Fsp3) is 0.727. The fourth-order valence-corrected chi connectivity index (χ4v) is 4.78. The Bertz CT molecular complexity index is 645. The van der Waals surface area contributed by atoms with Crippen molar-refractivity contribution >= 4 is 0 Å². The summed E-state index contributed by atoms with van der Waals surface area (Å²) in [6.45, 7) is 9.02. The molecule has 3 rings (SSSR count). The van der Waals surface area contributed by atoms with Crippen molar-refractivity contribution in [1.82, 2.24) is 9.80 Å². The van der Waals surface area contributed by atoms with E-state index in [1.54, 1.807) is 6.07 Å². The van der Waals surface area contributed by atoms with Crippen LogP contribution in [0, 0.1) is 5.92 Å². The molecule has 7 heteroatoms. The van der Waals surface area contributed by atoms with Gasteiger partial charge in [-0.15, -0.1) is 13.2 Å². The summed E-state index contributed by atoms with van der Waals surface area (Å²) < 4.78 is 42.2. The summed E-state index contributed by atoms with van der Waals surface area (Å²) >= 11 is 0. The van der Waals surface area contributed by atoms with Crippen LogP contribution in [0.1, 0.15) is 51.0 Å². The monoisotopic (exact) mass is 414 g/mol. The van der Waals surface area contributed by atoms with Crippen molar-refractivity contribution in [3.05, 3.63) is 29.8 Å². The molecule has 2 aliphatic rings. The van der Waals surface area contributed by atoms with E-state index in [0.717, 1.165) is 64.0 Å². The van der Waals surface area contributed by atoms with E-state index in [1.165, 1.54) is 12.1 Å². The van der Waals surface area contributed by atoms with Gasteiger partial charge < -0.3 is 14.7 Å². The SMILES string of the molecule is CC(C)N1CCN(CC(c2cccc(OC(F)(F)F)c2)C2CCCCC2O)CC1. The van der Waals surface area contributed by atoms with E-state index >= 15 is 0 Å². The molecule has 2 fully saturated rings. The summed E-state index contributed by atoms with van der Waals surface area (Å²) in [4.78, 5) is 4.83. The Balaban J connectivity index is 1.78. The van der Waals surface area contributed by atoms with Crippen LogP contribution in [0.3, 0.4) is 0 Å². The van der Waals surface area contributed by atoms with Gasteiger partial charge in [0.1, 0.15) is 5.75 Å². The predicted molar refractivity (Wildman–Crippen MR) is 107 cm³/mol. The van der Waals surface area contributed by atoms with Gasteiger partial charge in [-0.3, -0.25) is 4.90 Å². The lowest BCUT2D eigenvalue weighted by atomic mass is 9.74. The molecule has 4 nitrogen and oxygen atoms in total. The second kappa shape index (κ2) is 9.67. The van der Waals surface area contributed by atoms with Gasteiger partial charge in [0.25, 0.3) is 0 Å². The van der Waals surface area contributed by atoms with Crippen molar-refractivity contribution in [3.63, 3.8) is 0 Å². The van der Waals surface area contributed by atoms with Crippen molar-refractivity contribution in [2.75, 3.05) is 32.7 Å². The maximum Gasteiger partial charge on any atom is 0.573 e. The lowest BCUT2D eigenvalue weighted by Crippen LogP contribution is -2.50. The second-order valence-corrected chi connectivity index (χ2v) is 8.67. The van der Waals surface area contributed by atoms with Crippen LogP contribution in [0.5, 0.6) is 5.75 Å². The van der Waals surface area contributed by atoms with Crippen LogP contribution in [-0.4, -0.2) is 66.1 Å². The van der Waals surface area contributed by atoms with Gasteiger partial charge in [0.2, 0.25) is 0 Å². The van der Waals surface area contributed by atoms with Gasteiger partial charge in [-0.25, -0.2) is 0 Å². The quantitative estimate of drug-likeness (QED) is 0.755. The maximum atomic E-state index is 12.7. The average molecular weight is 415 g/mol. The number of aliphatic hydroxyl groups is 1. The molecular formula is C22H33F3N2O2. The number of hydrogen-bond acceptors (Lipinski definition) is 4. The topological polar surface area (TPSA) is 35.9 Å².